The van der Waals surface area contributed by atoms with Crippen LogP contribution in [0.5, 0.6) is 0 Å². The summed E-state index contributed by atoms with van der Waals surface area (Å²) in [6, 6.07) is 19.5. The number of aromatic nitrogens is 2. The highest BCUT2D eigenvalue weighted by molar-refractivity contribution is 9.10. The number of halogens is 1. The van der Waals surface area contributed by atoms with Crippen LogP contribution in [0.4, 0.5) is 0 Å². The van der Waals surface area contributed by atoms with Gasteiger partial charge in [-0.1, -0.05) is 60.7 Å². The largest absolute Gasteiger partial charge is 0.386 e. The van der Waals surface area contributed by atoms with Crippen molar-refractivity contribution >= 4 is 15.9 Å². The van der Waals surface area contributed by atoms with Crippen LogP contribution < -0.4 is 0 Å². The van der Waals surface area contributed by atoms with Gasteiger partial charge >= 0.3 is 0 Å². The van der Waals surface area contributed by atoms with Crippen molar-refractivity contribution in [1.29, 1.82) is 0 Å². The Balaban J connectivity index is 2.13. The standard InChI is InChI=1S/C19H19BrN2O/c1-13-17(20)14(2)22(21-13)18(15-9-5-3-6-10-15)19(23)16-11-7-4-8-12-16/h3-12,18-19,23H,1-2H3/t18-,19-/m1/s1. The lowest BCUT2D eigenvalue weighted by Crippen LogP contribution is -2.21. The molecular weight excluding hydrogens is 352 g/mol. The minimum absolute atomic E-state index is 0.274. The first-order valence-corrected chi connectivity index (χ1v) is 8.38. The maximum atomic E-state index is 11.0. The van der Waals surface area contributed by atoms with Crippen LogP contribution in [0.2, 0.25) is 0 Å². The van der Waals surface area contributed by atoms with Crippen molar-refractivity contribution in [2.24, 2.45) is 0 Å². The number of rotatable bonds is 4. The van der Waals surface area contributed by atoms with E-state index < -0.39 is 6.10 Å². The van der Waals surface area contributed by atoms with Crippen LogP contribution in [-0.4, -0.2) is 14.9 Å². The molecule has 118 valence electrons. The average Bonchev–Trinajstić information content (AvgIpc) is 2.84. The van der Waals surface area contributed by atoms with Gasteiger partial charge in [-0.3, -0.25) is 4.68 Å². The molecule has 2 aromatic carbocycles. The van der Waals surface area contributed by atoms with E-state index >= 15 is 0 Å². The highest BCUT2D eigenvalue weighted by Gasteiger charge is 2.27. The molecule has 0 amide bonds. The summed E-state index contributed by atoms with van der Waals surface area (Å²) in [4.78, 5) is 0. The summed E-state index contributed by atoms with van der Waals surface area (Å²) in [6.45, 7) is 3.97. The zero-order chi connectivity index (χ0) is 16.4. The van der Waals surface area contributed by atoms with Gasteiger partial charge in [-0.15, -0.1) is 0 Å². The number of hydrogen-bond donors (Lipinski definition) is 1. The number of aryl methyl sites for hydroxylation is 1. The molecule has 0 aliphatic heterocycles. The molecule has 0 radical (unpaired) electrons. The van der Waals surface area contributed by atoms with Crippen molar-refractivity contribution in [3.63, 3.8) is 0 Å². The van der Waals surface area contributed by atoms with Gasteiger partial charge in [-0.05, 0) is 40.9 Å². The van der Waals surface area contributed by atoms with Crippen LogP contribution >= 0.6 is 15.9 Å². The summed E-state index contributed by atoms with van der Waals surface area (Å²) >= 11 is 3.58. The van der Waals surface area contributed by atoms with E-state index in [0.29, 0.717) is 0 Å². The molecule has 0 saturated heterocycles. The van der Waals surface area contributed by atoms with Crippen LogP contribution in [-0.2, 0) is 0 Å². The Hall–Kier alpha value is -1.91. The second-order valence-corrected chi connectivity index (χ2v) is 6.43. The molecule has 3 aromatic rings. The van der Waals surface area contributed by atoms with Crippen molar-refractivity contribution in [1.82, 2.24) is 9.78 Å². The zero-order valence-electron chi connectivity index (χ0n) is 13.1. The number of aliphatic hydroxyl groups excluding tert-OH is 1. The number of benzene rings is 2. The molecule has 2 atom stereocenters. The first kappa shape index (κ1) is 16.0. The lowest BCUT2D eigenvalue weighted by molar-refractivity contribution is 0.124. The normalized spacial score (nSPS) is 13.7. The van der Waals surface area contributed by atoms with Gasteiger partial charge in [-0.25, -0.2) is 0 Å². The van der Waals surface area contributed by atoms with Crippen LogP contribution in [0.25, 0.3) is 0 Å². The van der Waals surface area contributed by atoms with Gasteiger partial charge in [0.1, 0.15) is 12.1 Å². The van der Waals surface area contributed by atoms with E-state index in [1.807, 2.05) is 79.2 Å². The van der Waals surface area contributed by atoms with Crippen molar-refractivity contribution in [2.75, 3.05) is 0 Å². The van der Waals surface area contributed by atoms with Gasteiger partial charge in [0.2, 0.25) is 0 Å². The lowest BCUT2D eigenvalue weighted by Gasteiger charge is -2.25. The predicted octanol–water partition coefficient (Wildman–Crippen LogP) is 4.59. The molecule has 0 spiro atoms. The van der Waals surface area contributed by atoms with Crippen molar-refractivity contribution in [2.45, 2.75) is 26.0 Å². The summed E-state index contributed by atoms with van der Waals surface area (Å²) < 4.78 is 2.89. The molecule has 0 aliphatic carbocycles. The van der Waals surface area contributed by atoms with Crippen molar-refractivity contribution in [3.8, 4) is 0 Å². The topological polar surface area (TPSA) is 38.0 Å². The average molecular weight is 371 g/mol. The molecule has 0 fully saturated rings. The van der Waals surface area contributed by atoms with E-state index in [1.54, 1.807) is 0 Å². The maximum absolute atomic E-state index is 11.0. The minimum atomic E-state index is -0.677. The summed E-state index contributed by atoms with van der Waals surface area (Å²) in [7, 11) is 0. The second-order valence-electron chi connectivity index (χ2n) is 5.64. The van der Waals surface area contributed by atoms with Crippen LogP contribution in [0, 0.1) is 13.8 Å². The molecule has 1 aromatic heterocycles. The van der Waals surface area contributed by atoms with Gasteiger partial charge in [0.25, 0.3) is 0 Å². The first-order chi connectivity index (χ1) is 11.1. The summed E-state index contributed by atoms with van der Waals surface area (Å²) in [6.07, 6.45) is -0.677. The predicted molar refractivity (Wildman–Crippen MR) is 95.4 cm³/mol. The monoisotopic (exact) mass is 370 g/mol. The van der Waals surface area contributed by atoms with E-state index in [9.17, 15) is 5.11 Å². The van der Waals surface area contributed by atoms with Crippen molar-refractivity contribution in [3.05, 3.63) is 87.7 Å². The molecule has 1 heterocycles. The summed E-state index contributed by atoms with van der Waals surface area (Å²) in [5.74, 6) is 0. The molecule has 23 heavy (non-hydrogen) atoms. The lowest BCUT2D eigenvalue weighted by atomic mass is 9.96. The van der Waals surface area contributed by atoms with Gasteiger partial charge < -0.3 is 5.11 Å². The number of nitrogens with zero attached hydrogens (tertiary/aromatic N) is 2. The van der Waals surface area contributed by atoms with Crippen LogP contribution in [0.15, 0.2) is 65.1 Å². The van der Waals surface area contributed by atoms with E-state index in [0.717, 1.165) is 27.0 Å². The second kappa shape index (κ2) is 6.69. The number of hydrogen-bond acceptors (Lipinski definition) is 2. The molecule has 1 N–H and O–H groups in total. The fourth-order valence-electron chi connectivity index (χ4n) is 2.85. The zero-order valence-corrected chi connectivity index (χ0v) is 14.7. The molecule has 0 aliphatic rings. The summed E-state index contributed by atoms with van der Waals surface area (Å²) in [5.41, 5.74) is 3.84. The van der Waals surface area contributed by atoms with Gasteiger partial charge in [-0.2, -0.15) is 5.10 Å². The fourth-order valence-corrected chi connectivity index (χ4v) is 3.11. The molecule has 0 saturated carbocycles. The van der Waals surface area contributed by atoms with E-state index in [4.69, 9.17) is 0 Å². The SMILES string of the molecule is Cc1nn([C@H](c2ccccc2)[C@H](O)c2ccccc2)c(C)c1Br. The Bertz CT molecular complexity index is 784. The molecule has 0 bridgehead atoms. The third kappa shape index (κ3) is 3.09. The Kier molecular flexibility index (Phi) is 4.64. The summed E-state index contributed by atoms with van der Waals surface area (Å²) in [5, 5.41) is 15.7. The Morgan fingerprint density at radius 3 is 1.91 bits per heavy atom. The smallest absolute Gasteiger partial charge is 0.107 e. The van der Waals surface area contributed by atoms with E-state index in [1.165, 1.54) is 0 Å². The van der Waals surface area contributed by atoms with Crippen molar-refractivity contribution < 1.29 is 5.11 Å². The maximum Gasteiger partial charge on any atom is 0.107 e. The number of aliphatic hydroxyl groups is 1. The molecule has 3 nitrogen and oxygen atoms in total. The van der Waals surface area contributed by atoms with Gasteiger partial charge in [0.15, 0.2) is 0 Å². The molecule has 0 unspecified atom stereocenters. The highest BCUT2D eigenvalue weighted by Crippen LogP contribution is 2.35. The quantitative estimate of drug-likeness (QED) is 0.729. The minimum Gasteiger partial charge on any atom is -0.386 e. The molecule has 3 rings (SSSR count). The van der Waals surface area contributed by atoms with Gasteiger partial charge in [0, 0.05) is 0 Å². The van der Waals surface area contributed by atoms with E-state index in [2.05, 4.69) is 21.0 Å². The van der Waals surface area contributed by atoms with Crippen LogP contribution in [0.3, 0.4) is 0 Å². The Labute approximate surface area is 144 Å². The highest BCUT2D eigenvalue weighted by atomic mass is 79.9. The Morgan fingerprint density at radius 1 is 0.913 bits per heavy atom. The van der Waals surface area contributed by atoms with Crippen LogP contribution in [0.1, 0.15) is 34.7 Å². The fraction of sp³-hybridized carbons (Fsp3) is 0.211. The third-order valence-electron chi connectivity index (χ3n) is 4.08. The van der Waals surface area contributed by atoms with Gasteiger partial charge in [0.05, 0.1) is 15.9 Å². The molecule has 4 heteroatoms. The first-order valence-electron chi connectivity index (χ1n) is 7.58. The van der Waals surface area contributed by atoms with E-state index in [-0.39, 0.29) is 6.04 Å². The third-order valence-corrected chi connectivity index (χ3v) is 5.23. The molecular formula is C19H19BrN2O. The Morgan fingerprint density at radius 2 is 1.43 bits per heavy atom.